The van der Waals surface area contributed by atoms with Gasteiger partial charge in [0.15, 0.2) is 29.1 Å². The highest BCUT2D eigenvalue weighted by molar-refractivity contribution is 5.83. The Morgan fingerprint density at radius 3 is 2.54 bits per heavy atom. The summed E-state index contributed by atoms with van der Waals surface area (Å²) in [7, 11) is 0. The van der Waals surface area contributed by atoms with Gasteiger partial charge in [0.25, 0.3) is 0 Å². The van der Waals surface area contributed by atoms with Crippen LogP contribution in [0.25, 0.3) is 0 Å². The Labute approximate surface area is 161 Å². The van der Waals surface area contributed by atoms with Crippen LogP contribution < -0.4 is 14.8 Å². The topological polar surface area (TPSA) is 117 Å². The second-order valence-electron chi connectivity index (χ2n) is 6.34. The molecule has 2 amide bonds. The maximum absolute atomic E-state index is 11.6. The van der Waals surface area contributed by atoms with Crippen molar-refractivity contribution in [2.45, 2.75) is 32.6 Å². The molecule has 0 radical (unpaired) electrons. The van der Waals surface area contributed by atoms with Crippen LogP contribution in [0.2, 0.25) is 0 Å². The lowest BCUT2D eigenvalue weighted by molar-refractivity contribution is -0.124. The number of nitrogens with one attached hydrogen (secondary N) is 1. The van der Waals surface area contributed by atoms with E-state index in [1.165, 1.54) is 32.2 Å². The minimum Gasteiger partial charge on any atom is -0.504 e. The second kappa shape index (κ2) is 7.99. The fourth-order valence-corrected chi connectivity index (χ4v) is 2.81. The van der Waals surface area contributed by atoms with Crippen LogP contribution in [-0.4, -0.2) is 34.5 Å². The molecular weight excluding hydrogens is 364 g/mol. The number of hydrogen-bond acceptors (Lipinski definition) is 6. The summed E-state index contributed by atoms with van der Waals surface area (Å²) in [5, 5.41) is 22.0. The summed E-state index contributed by atoms with van der Waals surface area (Å²) in [6.07, 6.45) is 0.391. The Hall–Kier alpha value is -3.55. The number of amides is 2. The van der Waals surface area contributed by atoms with Crippen molar-refractivity contribution in [2.24, 2.45) is 4.99 Å². The monoisotopic (exact) mass is 384 g/mol. The quantitative estimate of drug-likeness (QED) is 0.550. The predicted octanol–water partition coefficient (Wildman–Crippen LogP) is 2.23. The Bertz CT molecular complexity index is 940. The molecule has 8 heteroatoms. The normalized spacial score (nSPS) is 18.1. The van der Waals surface area contributed by atoms with Gasteiger partial charge in [-0.15, -0.1) is 0 Å². The molecule has 0 spiro atoms. The summed E-state index contributed by atoms with van der Waals surface area (Å²) in [5.41, 5.74) is 1.38. The van der Waals surface area contributed by atoms with Crippen LogP contribution >= 0.6 is 0 Å². The number of ether oxygens (including phenoxy) is 2. The van der Waals surface area contributed by atoms with Crippen molar-refractivity contribution < 1.29 is 29.3 Å². The number of phenolic OH excluding ortho intramolecular Hbond substituents is 2. The van der Waals surface area contributed by atoms with Gasteiger partial charge in [0.1, 0.15) is 0 Å². The minimum atomic E-state index is -0.820. The summed E-state index contributed by atoms with van der Waals surface area (Å²) < 4.78 is 11.9. The maximum Gasteiger partial charge on any atom is 0.242 e. The number of aromatic hydroxyl groups is 2. The summed E-state index contributed by atoms with van der Waals surface area (Å²) in [6, 6.07) is 9.55. The molecule has 8 nitrogen and oxygen atoms in total. The number of phenols is 2. The van der Waals surface area contributed by atoms with E-state index in [1.807, 2.05) is 6.07 Å². The Kier molecular flexibility index (Phi) is 5.49. The molecule has 146 valence electrons. The van der Waals surface area contributed by atoms with Crippen LogP contribution in [0.4, 0.5) is 0 Å². The smallest absolute Gasteiger partial charge is 0.242 e. The largest absolute Gasteiger partial charge is 0.504 e. The maximum atomic E-state index is 11.6. The first-order valence-electron chi connectivity index (χ1n) is 8.62. The summed E-state index contributed by atoms with van der Waals surface area (Å²) in [5.74, 6) is -0.241. The van der Waals surface area contributed by atoms with Gasteiger partial charge in [-0.1, -0.05) is 12.1 Å². The summed E-state index contributed by atoms with van der Waals surface area (Å²) in [6.45, 7) is 2.74. The highest BCUT2D eigenvalue weighted by Crippen LogP contribution is 2.40. The first kappa shape index (κ1) is 19.2. The molecule has 1 aliphatic rings. The van der Waals surface area contributed by atoms with Crippen molar-refractivity contribution in [2.75, 3.05) is 0 Å². The molecule has 2 atom stereocenters. The SMILES string of the molecule is CC(=O)N=CCc1ccc2c(c1)O[C@H](c1ccc(O)c(O)c1)[C@@H](NC(C)=O)O2. The van der Waals surface area contributed by atoms with Crippen molar-refractivity contribution in [1.82, 2.24) is 5.32 Å². The van der Waals surface area contributed by atoms with Gasteiger partial charge in [-0.05, 0) is 29.8 Å². The highest BCUT2D eigenvalue weighted by Gasteiger charge is 2.34. The number of carbonyl (C=O) groups is 2. The van der Waals surface area contributed by atoms with Gasteiger partial charge in [-0.25, -0.2) is 4.99 Å². The summed E-state index contributed by atoms with van der Waals surface area (Å²) >= 11 is 0. The van der Waals surface area contributed by atoms with Gasteiger partial charge in [0.05, 0.1) is 0 Å². The van der Waals surface area contributed by atoms with Crippen LogP contribution in [0, 0.1) is 0 Å². The molecule has 0 saturated carbocycles. The average molecular weight is 384 g/mol. The van der Waals surface area contributed by atoms with Gasteiger partial charge < -0.3 is 25.0 Å². The van der Waals surface area contributed by atoms with Crippen molar-refractivity contribution in [1.29, 1.82) is 0 Å². The first-order chi connectivity index (χ1) is 13.3. The van der Waals surface area contributed by atoms with E-state index >= 15 is 0 Å². The molecule has 0 aromatic heterocycles. The van der Waals surface area contributed by atoms with E-state index in [-0.39, 0.29) is 23.3 Å². The van der Waals surface area contributed by atoms with Gasteiger partial charge >= 0.3 is 0 Å². The zero-order valence-electron chi connectivity index (χ0n) is 15.4. The lowest BCUT2D eigenvalue weighted by Crippen LogP contribution is -2.46. The standard InChI is InChI=1S/C20H20N2O6/c1-11(23)21-8-7-13-3-6-17-18(9-13)27-19(20(28-17)22-12(2)24)14-4-5-15(25)16(26)10-14/h3-6,8-10,19-20,25-26H,7H2,1-2H3,(H,22,24)/t19-,20+/m1/s1. The van der Waals surface area contributed by atoms with E-state index in [1.54, 1.807) is 18.2 Å². The number of carbonyl (C=O) groups excluding carboxylic acids is 2. The third-order valence-electron chi connectivity index (χ3n) is 4.06. The van der Waals surface area contributed by atoms with Crippen LogP contribution in [-0.2, 0) is 16.0 Å². The molecule has 0 bridgehead atoms. The van der Waals surface area contributed by atoms with Crippen LogP contribution in [0.5, 0.6) is 23.0 Å². The molecule has 3 N–H and O–H groups in total. The number of benzene rings is 2. The summed E-state index contributed by atoms with van der Waals surface area (Å²) in [4.78, 5) is 26.2. The number of rotatable bonds is 4. The molecule has 1 aliphatic heterocycles. The van der Waals surface area contributed by atoms with E-state index in [0.29, 0.717) is 23.5 Å². The Balaban J connectivity index is 1.91. The fraction of sp³-hybridized carbons (Fsp3) is 0.250. The van der Waals surface area contributed by atoms with Crippen molar-refractivity contribution in [3.05, 3.63) is 47.5 Å². The molecule has 0 saturated heterocycles. The first-order valence-corrected chi connectivity index (χ1v) is 8.62. The number of fused-ring (bicyclic) bond motifs is 1. The van der Waals surface area contributed by atoms with E-state index in [9.17, 15) is 19.8 Å². The Morgan fingerprint density at radius 1 is 1.07 bits per heavy atom. The van der Waals surface area contributed by atoms with Crippen LogP contribution in [0.1, 0.15) is 31.1 Å². The van der Waals surface area contributed by atoms with Crippen LogP contribution in [0.15, 0.2) is 41.4 Å². The average Bonchev–Trinajstić information content (AvgIpc) is 2.63. The molecule has 1 heterocycles. The van der Waals surface area contributed by atoms with Gasteiger partial charge in [0, 0.05) is 32.0 Å². The number of aliphatic imine (C=N–C) groups is 1. The second-order valence-corrected chi connectivity index (χ2v) is 6.34. The lowest BCUT2D eigenvalue weighted by Gasteiger charge is -2.34. The molecule has 0 aliphatic carbocycles. The minimum absolute atomic E-state index is 0.260. The van der Waals surface area contributed by atoms with Crippen molar-refractivity contribution in [3.8, 4) is 23.0 Å². The molecule has 0 unspecified atom stereocenters. The van der Waals surface area contributed by atoms with E-state index in [0.717, 1.165) is 5.56 Å². The van der Waals surface area contributed by atoms with E-state index in [2.05, 4.69) is 10.3 Å². The van der Waals surface area contributed by atoms with Crippen LogP contribution in [0.3, 0.4) is 0 Å². The van der Waals surface area contributed by atoms with Crippen molar-refractivity contribution in [3.63, 3.8) is 0 Å². The van der Waals surface area contributed by atoms with Crippen molar-refractivity contribution >= 4 is 18.0 Å². The molecule has 2 aromatic carbocycles. The molecular formula is C20H20N2O6. The van der Waals surface area contributed by atoms with Gasteiger partial charge in [-0.3, -0.25) is 9.59 Å². The third-order valence-corrected chi connectivity index (χ3v) is 4.06. The number of nitrogens with zero attached hydrogens (tertiary/aromatic N) is 1. The molecule has 28 heavy (non-hydrogen) atoms. The molecule has 0 fully saturated rings. The fourth-order valence-electron chi connectivity index (χ4n) is 2.81. The van der Waals surface area contributed by atoms with Gasteiger partial charge in [-0.2, -0.15) is 0 Å². The molecule has 2 aromatic rings. The molecule has 3 rings (SSSR count). The van der Waals surface area contributed by atoms with Gasteiger partial charge in [0.2, 0.25) is 18.0 Å². The Morgan fingerprint density at radius 2 is 1.86 bits per heavy atom. The zero-order chi connectivity index (χ0) is 20.3. The lowest BCUT2D eigenvalue weighted by atomic mass is 10.0. The third kappa shape index (κ3) is 4.40. The predicted molar refractivity (Wildman–Crippen MR) is 101 cm³/mol. The van der Waals surface area contributed by atoms with E-state index < -0.39 is 12.3 Å². The number of hydrogen-bond donors (Lipinski definition) is 3. The zero-order valence-corrected chi connectivity index (χ0v) is 15.4. The van der Waals surface area contributed by atoms with E-state index in [4.69, 9.17) is 9.47 Å². The highest BCUT2D eigenvalue weighted by atomic mass is 16.6.